The van der Waals surface area contributed by atoms with Gasteiger partial charge in [0.25, 0.3) is 0 Å². The van der Waals surface area contributed by atoms with Crippen LogP contribution >= 0.6 is 0 Å². The monoisotopic (exact) mass is 176 g/mol. The largest absolute Gasteiger partial charge is 0.308 e. The maximum atomic E-state index is 6.03. The molecule has 0 aliphatic heterocycles. The number of hydrogen-bond acceptors (Lipinski definition) is 2. The Bertz CT molecular complexity index is 252. The second-order valence-electron chi connectivity index (χ2n) is 3.68. The molecular formula is C11H16N2. The van der Waals surface area contributed by atoms with E-state index in [0.717, 1.165) is 5.69 Å². The summed E-state index contributed by atoms with van der Waals surface area (Å²) in [5.41, 5.74) is 1.13. The SMILES string of the molecule is NN(c1ccccc1)C1CCCC1. The third-order valence-corrected chi connectivity index (χ3v) is 2.77. The van der Waals surface area contributed by atoms with Crippen LogP contribution in [0.4, 0.5) is 5.69 Å². The van der Waals surface area contributed by atoms with Crippen LogP contribution in [0, 0.1) is 0 Å². The Morgan fingerprint density at radius 3 is 2.31 bits per heavy atom. The smallest absolute Gasteiger partial charge is 0.0520 e. The zero-order valence-corrected chi connectivity index (χ0v) is 7.82. The third-order valence-electron chi connectivity index (χ3n) is 2.77. The van der Waals surface area contributed by atoms with Crippen molar-refractivity contribution in [2.24, 2.45) is 5.84 Å². The van der Waals surface area contributed by atoms with Crippen molar-refractivity contribution in [1.82, 2.24) is 0 Å². The fourth-order valence-electron chi connectivity index (χ4n) is 1.99. The lowest BCUT2D eigenvalue weighted by Gasteiger charge is -2.25. The fourth-order valence-corrected chi connectivity index (χ4v) is 1.99. The van der Waals surface area contributed by atoms with E-state index in [4.69, 9.17) is 5.84 Å². The van der Waals surface area contributed by atoms with Crippen molar-refractivity contribution in [3.05, 3.63) is 30.3 Å². The highest BCUT2D eigenvalue weighted by atomic mass is 15.4. The minimum atomic E-state index is 0.558. The van der Waals surface area contributed by atoms with Gasteiger partial charge >= 0.3 is 0 Å². The first-order chi connectivity index (χ1) is 6.38. The number of para-hydroxylation sites is 1. The predicted molar refractivity (Wildman–Crippen MR) is 55.4 cm³/mol. The third kappa shape index (κ3) is 1.83. The molecule has 1 saturated carbocycles. The number of hydrogen-bond donors (Lipinski definition) is 1. The van der Waals surface area contributed by atoms with Gasteiger partial charge in [-0.1, -0.05) is 31.0 Å². The summed E-state index contributed by atoms with van der Waals surface area (Å²) in [6, 6.07) is 10.8. The molecule has 1 aliphatic carbocycles. The van der Waals surface area contributed by atoms with Crippen molar-refractivity contribution in [3.63, 3.8) is 0 Å². The van der Waals surface area contributed by atoms with Crippen molar-refractivity contribution in [2.45, 2.75) is 31.7 Å². The molecule has 13 heavy (non-hydrogen) atoms. The molecular weight excluding hydrogens is 160 g/mol. The molecule has 1 fully saturated rings. The second-order valence-corrected chi connectivity index (χ2v) is 3.68. The van der Waals surface area contributed by atoms with Gasteiger partial charge in [-0.15, -0.1) is 0 Å². The number of benzene rings is 1. The molecule has 1 aromatic carbocycles. The number of hydrazine groups is 1. The minimum absolute atomic E-state index is 0.558. The number of anilines is 1. The Labute approximate surface area is 79.3 Å². The number of rotatable bonds is 2. The van der Waals surface area contributed by atoms with E-state index in [9.17, 15) is 0 Å². The van der Waals surface area contributed by atoms with Crippen molar-refractivity contribution >= 4 is 5.69 Å². The Balaban J connectivity index is 2.08. The van der Waals surface area contributed by atoms with E-state index < -0.39 is 0 Å². The van der Waals surface area contributed by atoms with Crippen molar-refractivity contribution < 1.29 is 0 Å². The lowest BCUT2D eigenvalue weighted by molar-refractivity contribution is 0.623. The zero-order chi connectivity index (χ0) is 9.10. The van der Waals surface area contributed by atoms with Gasteiger partial charge in [-0.3, -0.25) is 0 Å². The topological polar surface area (TPSA) is 29.3 Å². The van der Waals surface area contributed by atoms with Crippen LogP contribution in [0.2, 0.25) is 0 Å². The normalized spacial score (nSPS) is 17.6. The number of nitrogens with two attached hydrogens (primary N) is 1. The van der Waals surface area contributed by atoms with E-state index in [1.165, 1.54) is 25.7 Å². The lowest BCUT2D eigenvalue weighted by atomic mass is 10.2. The molecule has 2 heteroatoms. The molecule has 1 aliphatic rings. The summed E-state index contributed by atoms with van der Waals surface area (Å²) < 4.78 is 0. The molecule has 2 rings (SSSR count). The molecule has 0 spiro atoms. The molecule has 0 amide bonds. The lowest BCUT2D eigenvalue weighted by Crippen LogP contribution is -2.39. The Hall–Kier alpha value is -1.02. The van der Waals surface area contributed by atoms with Gasteiger partial charge < -0.3 is 5.01 Å². The van der Waals surface area contributed by atoms with Crippen LogP contribution in [0.1, 0.15) is 25.7 Å². The zero-order valence-electron chi connectivity index (χ0n) is 7.82. The summed E-state index contributed by atoms with van der Waals surface area (Å²) in [5, 5.41) is 1.92. The minimum Gasteiger partial charge on any atom is -0.308 e. The Kier molecular flexibility index (Phi) is 2.50. The highest BCUT2D eigenvalue weighted by Crippen LogP contribution is 2.25. The average Bonchev–Trinajstić information content (AvgIpc) is 2.71. The van der Waals surface area contributed by atoms with E-state index in [0.29, 0.717) is 6.04 Å². The summed E-state index contributed by atoms with van der Waals surface area (Å²) in [4.78, 5) is 0. The molecule has 1 aromatic rings. The van der Waals surface area contributed by atoms with Crippen LogP contribution in [0.15, 0.2) is 30.3 Å². The van der Waals surface area contributed by atoms with E-state index in [-0.39, 0.29) is 0 Å². The average molecular weight is 176 g/mol. The maximum absolute atomic E-state index is 6.03. The second kappa shape index (κ2) is 3.79. The highest BCUT2D eigenvalue weighted by molar-refractivity contribution is 5.45. The molecule has 0 heterocycles. The van der Waals surface area contributed by atoms with Crippen molar-refractivity contribution in [1.29, 1.82) is 0 Å². The van der Waals surface area contributed by atoms with Gasteiger partial charge in [0, 0.05) is 6.04 Å². The summed E-state index contributed by atoms with van der Waals surface area (Å²) in [7, 11) is 0. The number of nitrogens with zero attached hydrogens (tertiary/aromatic N) is 1. The fraction of sp³-hybridized carbons (Fsp3) is 0.455. The molecule has 0 aromatic heterocycles. The van der Waals surface area contributed by atoms with E-state index >= 15 is 0 Å². The summed E-state index contributed by atoms with van der Waals surface area (Å²) in [6.45, 7) is 0. The molecule has 2 nitrogen and oxygen atoms in total. The standard InChI is InChI=1S/C11H16N2/c12-13(11-8-4-5-9-11)10-6-2-1-3-7-10/h1-3,6-7,11H,4-5,8-9,12H2. The van der Waals surface area contributed by atoms with E-state index in [1.54, 1.807) is 0 Å². The highest BCUT2D eigenvalue weighted by Gasteiger charge is 2.19. The van der Waals surface area contributed by atoms with Gasteiger partial charge in [-0.25, -0.2) is 5.84 Å². The quantitative estimate of drug-likeness (QED) is 0.553. The van der Waals surface area contributed by atoms with Gasteiger partial charge in [0.1, 0.15) is 0 Å². The van der Waals surface area contributed by atoms with Crippen molar-refractivity contribution in [2.75, 3.05) is 5.01 Å². The van der Waals surface area contributed by atoms with Crippen LogP contribution in [0.25, 0.3) is 0 Å². The summed E-state index contributed by atoms with van der Waals surface area (Å²) >= 11 is 0. The molecule has 0 radical (unpaired) electrons. The first kappa shape index (κ1) is 8.57. The molecule has 0 saturated heterocycles. The van der Waals surface area contributed by atoms with Gasteiger partial charge in [-0.05, 0) is 25.0 Å². The molecule has 70 valence electrons. The summed E-state index contributed by atoms with van der Waals surface area (Å²) in [5.74, 6) is 6.03. The van der Waals surface area contributed by atoms with Crippen LogP contribution < -0.4 is 10.9 Å². The molecule has 0 atom stereocenters. The first-order valence-corrected chi connectivity index (χ1v) is 4.97. The Morgan fingerprint density at radius 2 is 1.69 bits per heavy atom. The van der Waals surface area contributed by atoms with Crippen LogP contribution in [0.5, 0.6) is 0 Å². The van der Waals surface area contributed by atoms with Crippen LogP contribution in [0.3, 0.4) is 0 Å². The predicted octanol–water partition coefficient (Wildman–Crippen LogP) is 2.31. The molecule has 0 bridgehead atoms. The van der Waals surface area contributed by atoms with Crippen LogP contribution in [-0.2, 0) is 0 Å². The van der Waals surface area contributed by atoms with E-state index in [2.05, 4.69) is 12.1 Å². The molecule has 2 N–H and O–H groups in total. The maximum Gasteiger partial charge on any atom is 0.0520 e. The van der Waals surface area contributed by atoms with Crippen molar-refractivity contribution in [3.8, 4) is 0 Å². The Morgan fingerprint density at radius 1 is 1.08 bits per heavy atom. The van der Waals surface area contributed by atoms with Gasteiger partial charge in [-0.2, -0.15) is 0 Å². The van der Waals surface area contributed by atoms with Gasteiger partial charge in [0.15, 0.2) is 0 Å². The summed E-state index contributed by atoms with van der Waals surface area (Å²) in [6.07, 6.45) is 5.13. The van der Waals surface area contributed by atoms with E-state index in [1.807, 2.05) is 23.2 Å². The van der Waals surface area contributed by atoms with Gasteiger partial charge in [0.2, 0.25) is 0 Å². The van der Waals surface area contributed by atoms with Gasteiger partial charge in [0.05, 0.1) is 5.69 Å². The van der Waals surface area contributed by atoms with Crippen LogP contribution in [-0.4, -0.2) is 6.04 Å². The molecule has 0 unspecified atom stereocenters. The first-order valence-electron chi connectivity index (χ1n) is 4.97.